The molecule has 102 valence electrons. The third-order valence-corrected chi connectivity index (χ3v) is 3.65. The summed E-state index contributed by atoms with van der Waals surface area (Å²) in [5.74, 6) is -0.962. The van der Waals surface area contributed by atoms with Crippen molar-refractivity contribution in [3.8, 4) is 0 Å². The lowest BCUT2D eigenvalue weighted by Crippen LogP contribution is -2.45. The molecule has 1 fully saturated rings. The molecule has 0 radical (unpaired) electrons. The van der Waals surface area contributed by atoms with Gasteiger partial charge in [0.1, 0.15) is 11.2 Å². The van der Waals surface area contributed by atoms with Crippen LogP contribution in [0.15, 0.2) is 18.2 Å². The Balaban J connectivity index is 2.40. The van der Waals surface area contributed by atoms with Crippen LogP contribution in [0.4, 0.5) is 11.4 Å². The number of anilines is 1. The van der Waals surface area contributed by atoms with E-state index < -0.39 is 16.4 Å². The maximum atomic E-state index is 11.4. The number of aliphatic carboxylic acids is 1. The zero-order chi connectivity index (χ0) is 14.2. The maximum Gasteiger partial charge on any atom is 0.329 e. The number of hydrogen-bond donors (Lipinski definition) is 2. The number of rotatable bonds is 5. The van der Waals surface area contributed by atoms with Gasteiger partial charge >= 0.3 is 5.97 Å². The average Bonchev–Trinajstić information content (AvgIpc) is 3.11. The number of hydrogen-bond acceptors (Lipinski definition) is 4. The van der Waals surface area contributed by atoms with Gasteiger partial charge in [0.2, 0.25) is 0 Å². The maximum absolute atomic E-state index is 11.4. The van der Waals surface area contributed by atoms with E-state index in [-0.39, 0.29) is 17.3 Å². The number of carboxylic acids is 1. The first-order chi connectivity index (χ1) is 8.86. The van der Waals surface area contributed by atoms with Gasteiger partial charge in [-0.3, -0.25) is 10.1 Å². The Labute approximate surface area is 110 Å². The monoisotopic (exact) mass is 264 g/mol. The molecule has 0 spiro atoms. The van der Waals surface area contributed by atoms with Crippen LogP contribution in [-0.4, -0.2) is 21.5 Å². The number of nitro groups is 1. The van der Waals surface area contributed by atoms with Gasteiger partial charge in [-0.25, -0.2) is 4.79 Å². The van der Waals surface area contributed by atoms with Crippen LogP contribution in [0.25, 0.3) is 0 Å². The van der Waals surface area contributed by atoms with Gasteiger partial charge < -0.3 is 10.4 Å². The summed E-state index contributed by atoms with van der Waals surface area (Å²) in [6.45, 7) is 3.22. The van der Waals surface area contributed by atoms with Gasteiger partial charge in [0, 0.05) is 5.56 Å². The lowest BCUT2D eigenvalue weighted by molar-refractivity contribution is -0.384. The minimum absolute atomic E-state index is 0.0186. The van der Waals surface area contributed by atoms with E-state index >= 15 is 0 Å². The van der Waals surface area contributed by atoms with Crippen LogP contribution in [0.3, 0.4) is 0 Å². The summed E-state index contributed by atoms with van der Waals surface area (Å²) in [5.41, 5.74) is -0.436. The molecule has 1 aliphatic carbocycles. The predicted molar refractivity (Wildman–Crippen MR) is 70.2 cm³/mol. The second-order valence-electron chi connectivity index (χ2n) is 5.13. The summed E-state index contributed by atoms with van der Waals surface area (Å²) < 4.78 is 0. The summed E-state index contributed by atoms with van der Waals surface area (Å²) in [6.07, 6.45) is 1.66. The van der Waals surface area contributed by atoms with Gasteiger partial charge in [-0.05, 0) is 38.7 Å². The minimum Gasteiger partial charge on any atom is -0.480 e. The summed E-state index contributed by atoms with van der Waals surface area (Å²) in [4.78, 5) is 22.1. The zero-order valence-corrected chi connectivity index (χ0v) is 10.8. The van der Waals surface area contributed by atoms with Crippen molar-refractivity contribution in [2.24, 2.45) is 5.92 Å². The van der Waals surface area contributed by atoms with Crippen molar-refractivity contribution in [1.82, 2.24) is 0 Å². The van der Waals surface area contributed by atoms with Crippen LogP contribution in [0.5, 0.6) is 0 Å². The molecule has 0 amide bonds. The van der Waals surface area contributed by atoms with Gasteiger partial charge in [0.15, 0.2) is 0 Å². The van der Waals surface area contributed by atoms with E-state index in [9.17, 15) is 20.0 Å². The summed E-state index contributed by atoms with van der Waals surface area (Å²) in [5, 5.41) is 23.3. The van der Waals surface area contributed by atoms with Crippen molar-refractivity contribution in [2.45, 2.75) is 32.2 Å². The molecule has 1 saturated carbocycles. The van der Waals surface area contributed by atoms with Crippen LogP contribution < -0.4 is 5.32 Å². The van der Waals surface area contributed by atoms with E-state index in [0.29, 0.717) is 5.56 Å². The highest BCUT2D eigenvalue weighted by Crippen LogP contribution is 2.43. The normalized spacial score (nSPS) is 17.6. The second-order valence-corrected chi connectivity index (χ2v) is 5.13. The van der Waals surface area contributed by atoms with Crippen molar-refractivity contribution < 1.29 is 14.8 Å². The third kappa shape index (κ3) is 2.38. The molecule has 0 heterocycles. The third-order valence-electron chi connectivity index (χ3n) is 3.65. The summed E-state index contributed by atoms with van der Waals surface area (Å²) in [6, 6.07) is 4.87. The second kappa shape index (κ2) is 4.53. The summed E-state index contributed by atoms with van der Waals surface area (Å²) >= 11 is 0. The van der Waals surface area contributed by atoms with E-state index in [4.69, 9.17) is 0 Å². The van der Waals surface area contributed by atoms with Crippen LogP contribution in [0, 0.1) is 23.0 Å². The Morgan fingerprint density at radius 3 is 2.63 bits per heavy atom. The molecule has 0 aliphatic heterocycles. The number of carboxylic acid groups (broad SMARTS) is 1. The molecule has 2 rings (SSSR count). The Bertz CT molecular complexity index is 539. The average molecular weight is 264 g/mol. The largest absolute Gasteiger partial charge is 0.480 e. The van der Waals surface area contributed by atoms with Crippen molar-refractivity contribution >= 4 is 17.3 Å². The van der Waals surface area contributed by atoms with E-state index in [2.05, 4.69) is 5.32 Å². The number of nitrogens with zero attached hydrogens (tertiary/aromatic N) is 1. The first kappa shape index (κ1) is 13.3. The molecule has 0 saturated heterocycles. The van der Waals surface area contributed by atoms with Gasteiger partial charge in [-0.2, -0.15) is 0 Å². The molecule has 1 atom stereocenters. The molecule has 1 aliphatic rings. The number of benzene rings is 1. The quantitative estimate of drug-likeness (QED) is 0.629. The van der Waals surface area contributed by atoms with Crippen LogP contribution in [-0.2, 0) is 4.79 Å². The van der Waals surface area contributed by atoms with Crippen molar-refractivity contribution in [2.75, 3.05) is 5.32 Å². The molecular weight excluding hydrogens is 248 g/mol. The molecular formula is C13H16N2O4. The number of para-hydroxylation sites is 1. The summed E-state index contributed by atoms with van der Waals surface area (Å²) in [7, 11) is 0. The molecule has 0 aromatic heterocycles. The highest BCUT2D eigenvalue weighted by atomic mass is 16.6. The molecule has 1 aromatic carbocycles. The Hall–Kier alpha value is -2.11. The highest BCUT2D eigenvalue weighted by Gasteiger charge is 2.48. The highest BCUT2D eigenvalue weighted by molar-refractivity contribution is 5.84. The number of carbonyl (C=O) groups is 1. The predicted octanol–water partition coefficient (Wildman–Crippen LogP) is 2.57. The number of nitro benzene ring substituents is 1. The first-order valence-corrected chi connectivity index (χ1v) is 6.12. The molecule has 6 nitrogen and oxygen atoms in total. The lowest BCUT2D eigenvalue weighted by Gasteiger charge is -2.27. The molecule has 19 heavy (non-hydrogen) atoms. The number of nitrogens with one attached hydrogen (secondary N) is 1. The Kier molecular flexibility index (Phi) is 3.18. The van der Waals surface area contributed by atoms with Gasteiger partial charge in [0.05, 0.1) is 4.92 Å². The molecule has 0 bridgehead atoms. The van der Waals surface area contributed by atoms with Crippen molar-refractivity contribution in [3.05, 3.63) is 33.9 Å². The van der Waals surface area contributed by atoms with E-state index in [1.54, 1.807) is 32.0 Å². The van der Waals surface area contributed by atoms with Crippen LogP contribution in [0.2, 0.25) is 0 Å². The van der Waals surface area contributed by atoms with Crippen LogP contribution >= 0.6 is 0 Å². The standard InChI is InChI=1S/C13H16N2O4/c1-8-4-3-5-10(11(8)15(18)19)14-13(2,12(16)17)9-6-7-9/h3-5,9,14H,6-7H2,1-2H3,(H,16,17). The fraction of sp³-hybridized carbons (Fsp3) is 0.462. The van der Waals surface area contributed by atoms with Crippen molar-refractivity contribution in [1.29, 1.82) is 0 Å². The van der Waals surface area contributed by atoms with Gasteiger partial charge in [0.25, 0.3) is 5.69 Å². The van der Waals surface area contributed by atoms with E-state index in [1.807, 2.05) is 0 Å². The Morgan fingerprint density at radius 1 is 1.53 bits per heavy atom. The fourth-order valence-electron chi connectivity index (χ4n) is 2.27. The zero-order valence-electron chi connectivity index (χ0n) is 10.8. The van der Waals surface area contributed by atoms with Gasteiger partial charge in [-0.15, -0.1) is 0 Å². The SMILES string of the molecule is Cc1cccc(NC(C)(C(=O)O)C2CC2)c1[N+](=O)[O-]. The van der Waals surface area contributed by atoms with E-state index in [0.717, 1.165) is 12.8 Å². The fourth-order valence-corrected chi connectivity index (χ4v) is 2.27. The molecule has 1 unspecified atom stereocenters. The smallest absolute Gasteiger partial charge is 0.329 e. The minimum atomic E-state index is -1.15. The first-order valence-electron chi connectivity index (χ1n) is 6.12. The van der Waals surface area contributed by atoms with Gasteiger partial charge in [-0.1, -0.05) is 12.1 Å². The lowest BCUT2D eigenvalue weighted by atomic mass is 9.95. The molecule has 2 N–H and O–H groups in total. The molecule has 1 aromatic rings. The molecule has 6 heteroatoms. The number of aryl methyl sites for hydroxylation is 1. The Morgan fingerprint density at radius 2 is 2.16 bits per heavy atom. The topological polar surface area (TPSA) is 92.5 Å². The van der Waals surface area contributed by atoms with Crippen molar-refractivity contribution in [3.63, 3.8) is 0 Å². The van der Waals surface area contributed by atoms with E-state index in [1.165, 1.54) is 0 Å². The van der Waals surface area contributed by atoms with Crippen LogP contribution in [0.1, 0.15) is 25.3 Å².